The number of rotatable bonds is 5. The molecule has 18 heavy (non-hydrogen) atoms. The topological polar surface area (TPSA) is 51.0 Å². The van der Waals surface area contributed by atoms with Gasteiger partial charge in [0.15, 0.2) is 0 Å². The highest BCUT2D eigenvalue weighted by Crippen LogP contribution is 2.34. The fourth-order valence-corrected chi connectivity index (χ4v) is 2.51. The van der Waals surface area contributed by atoms with Gasteiger partial charge in [-0.05, 0) is 31.6 Å². The Labute approximate surface area is 110 Å². The summed E-state index contributed by atoms with van der Waals surface area (Å²) in [5.74, 6) is 3.00. The summed E-state index contributed by atoms with van der Waals surface area (Å²) in [6.07, 6.45) is 5.81. The molecule has 102 valence electrons. The van der Waals surface area contributed by atoms with Crippen molar-refractivity contribution in [1.82, 2.24) is 15.5 Å². The van der Waals surface area contributed by atoms with E-state index in [1.54, 1.807) is 0 Å². The van der Waals surface area contributed by atoms with E-state index in [0.29, 0.717) is 12.0 Å². The Morgan fingerprint density at radius 2 is 1.94 bits per heavy atom. The number of aromatic nitrogens is 2. The second kappa shape index (κ2) is 6.32. The summed E-state index contributed by atoms with van der Waals surface area (Å²) in [7, 11) is 0. The molecule has 1 aliphatic rings. The van der Waals surface area contributed by atoms with Crippen molar-refractivity contribution >= 4 is 0 Å². The molecule has 1 saturated carbocycles. The molecule has 0 spiro atoms. The van der Waals surface area contributed by atoms with Gasteiger partial charge in [-0.1, -0.05) is 20.8 Å². The SMILES string of the molecule is CC1CCC(c2nnc(CCNC(C)C)o2)CC1. The zero-order valence-corrected chi connectivity index (χ0v) is 11.8. The standard InChI is InChI=1S/C14H25N3O/c1-10(2)15-9-8-13-16-17-14(18-13)12-6-4-11(3)5-7-12/h10-12,15H,4-9H2,1-3H3. The van der Waals surface area contributed by atoms with Crippen LogP contribution in [0.25, 0.3) is 0 Å². The van der Waals surface area contributed by atoms with Gasteiger partial charge in [-0.15, -0.1) is 10.2 Å². The number of nitrogens with zero attached hydrogens (tertiary/aromatic N) is 2. The first-order chi connectivity index (χ1) is 8.65. The quantitative estimate of drug-likeness (QED) is 0.874. The molecule has 4 heteroatoms. The predicted octanol–water partition coefficient (Wildman–Crippen LogP) is 2.90. The maximum absolute atomic E-state index is 5.78. The normalized spacial score (nSPS) is 24.7. The molecule has 1 aromatic rings. The van der Waals surface area contributed by atoms with Gasteiger partial charge in [0.25, 0.3) is 0 Å². The van der Waals surface area contributed by atoms with Gasteiger partial charge < -0.3 is 9.73 Å². The maximum Gasteiger partial charge on any atom is 0.219 e. The van der Waals surface area contributed by atoms with Gasteiger partial charge in [0.05, 0.1) is 0 Å². The first kappa shape index (κ1) is 13.5. The zero-order chi connectivity index (χ0) is 13.0. The molecule has 1 heterocycles. The van der Waals surface area contributed by atoms with Crippen LogP contribution in [0.4, 0.5) is 0 Å². The van der Waals surface area contributed by atoms with Crippen LogP contribution >= 0.6 is 0 Å². The second-order valence-electron chi connectivity index (χ2n) is 5.85. The van der Waals surface area contributed by atoms with Gasteiger partial charge in [-0.3, -0.25) is 0 Å². The van der Waals surface area contributed by atoms with E-state index in [1.807, 2.05) is 0 Å². The van der Waals surface area contributed by atoms with Gasteiger partial charge in [0.2, 0.25) is 11.8 Å². The predicted molar refractivity (Wildman–Crippen MR) is 71.5 cm³/mol. The average Bonchev–Trinajstić information content (AvgIpc) is 2.78. The summed E-state index contributed by atoms with van der Waals surface area (Å²) in [5.41, 5.74) is 0. The van der Waals surface area contributed by atoms with E-state index in [2.05, 4.69) is 36.3 Å². The van der Waals surface area contributed by atoms with Crippen molar-refractivity contribution in [3.05, 3.63) is 11.8 Å². The van der Waals surface area contributed by atoms with Crippen molar-refractivity contribution in [2.45, 2.75) is 64.8 Å². The monoisotopic (exact) mass is 251 g/mol. The number of hydrogen-bond acceptors (Lipinski definition) is 4. The number of nitrogens with one attached hydrogen (secondary N) is 1. The fourth-order valence-electron chi connectivity index (χ4n) is 2.51. The molecule has 1 aromatic heterocycles. The molecule has 0 saturated heterocycles. The molecule has 4 nitrogen and oxygen atoms in total. The molecule has 1 aliphatic carbocycles. The van der Waals surface area contributed by atoms with Gasteiger partial charge in [-0.25, -0.2) is 0 Å². The van der Waals surface area contributed by atoms with E-state index >= 15 is 0 Å². The second-order valence-corrected chi connectivity index (χ2v) is 5.85. The van der Waals surface area contributed by atoms with Gasteiger partial charge in [0.1, 0.15) is 0 Å². The molecule has 2 rings (SSSR count). The van der Waals surface area contributed by atoms with E-state index < -0.39 is 0 Å². The third-order valence-electron chi connectivity index (χ3n) is 3.74. The first-order valence-electron chi connectivity index (χ1n) is 7.20. The van der Waals surface area contributed by atoms with E-state index in [4.69, 9.17) is 4.42 Å². The Balaban J connectivity index is 1.82. The smallest absolute Gasteiger partial charge is 0.219 e. The number of hydrogen-bond donors (Lipinski definition) is 1. The third-order valence-corrected chi connectivity index (χ3v) is 3.74. The summed E-state index contributed by atoms with van der Waals surface area (Å²) in [6.45, 7) is 7.51. The van der Waals surface area contributed by atoms with Crippen LogP contribution in [0.5, 0.6) is 0 Å². The fraction of sp³-hybridized carbons (Fsp3) is 0.857. The lowest BCUT2D eigenvalue weighted by Gasteiger charge is -2.23. The Hall–Kier alpha value is -0.900. The summed E-state index contributed by atoms with van der Waals surface area (Å²) in [6, 6.07) is 0.507. The first-order valence-corrected chi connectivity index (χ1v) is 7.20. The lowest BCUT2D eigenvalue weighted by Crippen LogP contribution is -2.25. The third kappa shape index (κ3) is 3.80. The van der Waals surface area contributed by atoms with Crippen molar-refractivity contribution in [3.63, 3.8) is 0 Å². The molecule has 1 fully saturated rings. The van der Waals surface area contributed by atoms with Crippen LogP contribution in [0, 0.1) is 5.92 Å². The highest BCUT2D eigenvalue weighted by atomic mass is 16.4. The van der Waals surface area contributed by atoms with Crippen LogP contribution in [0.15, 0.2) is 4.42 Å². The Morgan fingerprint density at radius 3 is 2.61 bits per heavy atom. The Bertz CT molecular complexity index is 354. The van der Waals surface area contributed by atoms with Crippen LogP contribution in [0.1, 0.15) is 64.2 Å². The van der Waals surface area contributed by atoms with Crippen LogP contribution < -0.4 is 5.32 Å². The minimum Gasteiger partial charge on any atom is -0.425 e. The lowest BCUT2D eigenvalue weighted by molar-refractivity contribution is 0.301. The Morgan fingerprint density at radius 1 is 1.22 bits per heavy atom. The minimum absolute atomic E-state index is 0.500. The van der Waals surface area contributed by atoms with Crippen molar-refractivity contribution < 1.29 is 4.42 Å². The highest BCUT2D eigenvalue weighted by molar-refractivity contribution is 4.94. The van der Waals surface area contributed by atoms with E-state index in [-0.39, 0.29) is 0 Å². The van der Waals surface area contributed by atoms with Crippen molar-refractivity contribution in [3.8, 4) is 0 Å². The molecule has 0 bridgehead atoms. The largest absolute Gasteiger partial charge is 0.425 e. The average molecular weight is 251 g/mol. The maximum atomic E-state index is 5.78. The van der Waals surface area contributed by atoms with Crippen molar-refractivity contribution in [2.24, 2.45) is 5.92 Å². The van der Waals surface area contributed by atoms with Crippen molar-refractivity contribution in [2.75, 3.05) is 6.54 Å². The highest BCUT2D eigenvalue weighted by Gasteiger charge is 2.24. The minimum atomic E-state index is 0.500. The van der Waals surface area contributed by atoms with Gasteiger partial charge >= 0.3 is 0 Å². The summed E-state index contributed by atoms with van der Waals surface area (Å²) < 4.78 is 5.78. The summed E-state index contributed by atoms with van der Waals surface area (Å²) >= 11 is 0. The molecule has 0 unspecified atom stereocenters. The van der Waals surface area contributed by atoms with Crippen molar-refractivity contribution in [1.29, 1.82) is 0 Å². The van der Waals surface area contributed by atoms with Crippen LogP contribution in [0.2, 0.25) is 0 Å². The van der Waals surface area contributed by atoms with E-state index in [9.17, 15) is 0 Å². The van der Waals surface area contributed by atoms with Gasteiger partial charge in [-0.2, -0.15) is 0 Å². The summed E-state index contributed by atoms with van der Waals surface area (Å²) in [4.78, 5) is 0. The van der Waals surface area contributed by atoms with Crippen LogP contribution in [0.3, 0.4) is 0 Å². The van der Waals surface area contributed by atoms with Gasteiger partial charge in [0, 0.05) is 24.9 Å². The molecular formula is C14H25N3O. The molecule has 1 N–H and O–H groups in total. The van der Waals surface area contributed by atoms with Crippen LogP contribution in [-0.4, -0.2) is 22.8 Å². The lowest BCUT2D eigenvalue weighted by atomic mass is 9.83. The van der Waals surface area contributed by atoms with E-state index in [1.165, 1.54) is 25.7 Å². The van der Waals surface area contributed by atoms with Crippen LogP contribution in [-0.2, 0) is 6.42 Å². The molecule has 0 aromatic carbocycles. The molecule has 0 aliphatic heterocycles. The van der Waals surface area contributed by atoms with E-state index in [0.717, 1.165) is 30.7 Å². The molecule has 0 atom stereocenters. The molecule has 0 amide bonds. The molecular weight excluding hydrogens is 226 g/mol. The Kier molecular flexibility index (Phi) is 4.75. The summed E-state index contributed by atoms with van der Waals surface area (Å²) in [5, 5.41) is 11.7. The molecule has 0 radical (unpaired) electrons. The zero-order valence-electron chi connectivity index (χ0n) is 11.8.